The second-order valence-electron chi connectivity index (χ2n) is 5.68. The van der Waals surface area contributed by atoms with E-state index in [1.54, 1.807) is 12.4 Å². The molecule has 0 saturated heterocycles. The van der Waals surface area contributed by atoms with Crippen molar-refractivity contribution in [3.05, 3.63) is 43.1 Å². The zero-order valence-corrected chi connectivity index (χ0v) is 13.0. The predicted octanol–water partition coefficient (Wildman–Crippen LogP) is 3.64. The molecule has 4 heterocycles. The first-order valence-corrected chi connectivity index (χ1v) is 7.52. The van der Waals surface area contributed by atoms with Gasteiger partial charge in [-0.05, 0) is 19.1 Å². The molecule has 0 radical (unpaired) electrons. The van der Waals surface area contributed by atoms with Gasteiger partial charge in [0.15, 0.2) is 0 Å². The normalized spacial score (nSPS) is 13.4. The highest BCUT2D eigenvalue weighted by Gasteiger charge is 2.36. The minimum absolute atomic E-state index is 0.0733. The summed E-state index contributed by atoms with van der Waals surface area (Å²) in [5, 5.41) is 2.99. The number of fused-ring (bicyclic) bond motifs is 2. The summed E-state index contributed by atoms with van der Waals surface area (Å²) in [5.41, 5.74) is 3.07. The Morgan fingerprint density at radius 2 is 2.08 bits per heavy atom. The molecule has 0 aromatic carbocycles. The molecule has 1 atom stereocenters. The van der Waals surface area contributed by atoms with Crippen LogP contribution in [-0.4, -0.2) is 36.6 Å². The molecule has 0 bridgehead atoms. The Balaban J connectivity index is 1.70. The number of imidazole rings is 1. The van der Waals surface area contributed by atoms with Crippen molar-refractivity contribution in [3.63, 3.8) is 0 Å². The van der Waals surface area contributed by atoms with Crippen LogP contribution in [0.5, 0.6) is 0 Å². The fourth-order valence-electron chi connectivity index (χ4n) is 2.57. The van der Waals surface area contributed by atoms with Crippen molar-refractivity contribution in [2.45, 2.75) is 19.1 Å². The van der Waals surface area contributed by atoms with Crippen molar-refractivity contribution < 1.29 is 13.2 Å². The van der Waals surface area contributed by atoms with E-state index in [2.05, 4.69) is 25.3 Å². The lowest BCUT2D eigenvalue weighted by atomic mass is 10.1. The van der Waals surface area contributed by atoms with Crippen LogP contribution in [-0.2, 0) is 0 Å². The number of alkyl halides is 3. The molecule has 6 nitrogen and oxygen atoms in total. The zero-order valence-electron chi connectivity index (χ0n) is 13.0. The van der Waals surface area contributed by atoms with Crippen LogP contribution in [0.3, 0.4) is 0 Å². The number of H-pyrrole nitrogens is 1. The van der Waals surface area contributed by atoms with Gasteiger partial charge >= 0.3 is 6.18 Å². The van der Waals surface area contributed by atoms with Gasteiger partial charge in [0.05, 0.1) is 0 Å². The number of nitrogens with zero attached hydrogens (tertiary/aromatic N) is 4. The summed E-state index contributed by atoms with van der Waals surface area (Å²) >= 11 is 0. The van der Waals surface area contributed by atoms with E-state index in [-0.39, 0.29) is 5.95 Å². The van der Waals surface area contributed by atoms with Crippen LogP contribution in [0.4, 0.5) is 19.1 Å². The number of anilines is 1. The molecule has 4 rings (SSSR count). The van der Waals surface area contributed by atoms with E-state index in [0.29, 0.717) is 5.65 Å². The number of aromatic amines is 1. The first kappa shape index (κ1) is 15.4. The number of aromatic nitrogens is 5. The topological polar surface area (TPSA) is 70.9 Å². The quantitative estimate of drug-likeness (QED) is 0.594. The lowest BCUT2D eigenvalue weighted by Gasteiger charge is -2.16. The lowest BCUT2D eigenvalue weighted by molar-refractivity contribution is -0.138. The third kappa shape index (κ3) is 2.77. The summed E-state index contributed by atoms with van der Waals surface area (Å²) in [4.78, 5) is 15.3. The Hall–Kier alpha value is -3.10. The molecule has 4 aromatic heterocycles. The van der Waals surface area contributed by atoms with Crippen molar-refractivity contribution in [1.82, 2.24) is 24.3 Å². The number of pyridine rings is 1. The molecule has 0 amide bonds. The third-order valence-corrected chi connectivity index (χ3v) is 3.97. The first-order chi connectivity index (χ1) is 11.9. The summed E-state index contributed by atoms with van der Waals surface area (Å²) in [6, 6.07) is 2.07. The van der Waals surface area contributed by atoms with Crippen molar-refractivity contribution in [1.29, 1.82) is 0 Å². The van der Waals surface area contributed by atoms with Gasteiger partial charge in [-0.1, -0.05) is 0 Å². The molecule has 2 N–H and O–H groups in total. The fraction of sp³-hybridized carbons (Fsp3) is 0.188. The molecule has 0 aliphatic carbocycles. The molecule has 0 saturated carbocycles. The molecule has 0 aliphatic rings. The van der Waals surface area contributed by atoms with Gasteiger partial charge in [-0.2, -0.15) is 18.2 Å². The average molecular weight is 346 g/mol. The second-order valence-corrected chi connectivity index (χ2v) is 5.68. The van der Waals surface area contributed by atoms with E-state index in [0.717, 1.165) is 29.1 Å². The van der Waals surface area contributed by atoms with Crippen LogP contribution in [0.1, 0.15) is 6.92 Å². The summed E-state index contributed by atoms with van der Waals surface area (Å²) in [5.74, 6) is -0.0733. The molecule has 25 heavy (non-hydrogen) atoms. The van der Waals surface area contributed by atoms with Crippen molar-refractivity contribution in [2.24, 2.45) is 0 Å². The zero-order chi connectivity index (χ0) is 17.6. The van der Waals surface area contributed by atoms with Gasteiger partial charge in [0.25, 0.3) is 0 Å². The molecule has 0 unspecified atom stereocenters. The highest BCUT2D eigenvalue weighted by molar-refractivity contribution is 5.93. The number of rotatable bonds is 3. The van der Waals surface area contributed by atoms with E-state index in [9.17, 15) is 13.2 Å². The van der Waals surface area contributed by atoms with Crippen molar-refractivity contribution >= 4 is 22.6 Å². The Morgan fingerprint density at radius 3 is 2.88 bits per heavy atom. The number of nitrogens with one attached hydrogen (secondary N) is 2. The minimum Gasteiger partial charge on any atom is -0.345 e. The number of hydrogen-bond acceptors (Lipinski definition) is 4. The van der Waals surface area contributed by atoms with Gasteiger partial charge in [-0.15, -0.1) is 0 Å². The SMILES string of the molecule is C[C@H](Nc1ncc2c(-c3ccc4nccn4c3)c[nH]c2n1)C(F)(F)F. The van der Waals surface area contributed by atoms with Gasteiger partial charge < -0.3 is 14.7 Å². The third-order valence-electron chi connectivity index (χ3n) is 3.97. The van der Waals surface area contributed by atoms with E-state index < -0.39 is 12.2 Å². The Labute approximate surface area is 139 Å². The van der Waals surface area contributed by atoms with Gasteiger partial charge in [-0.25, -0.2) is 9.97 Å². The smallest absolute Gasteiger partial charge is 0.345 e. The predicted molar refractivity (Wildman–Crippen MR) is 87.2 cm³/mol. The maximum Gasteiger partial charge on any atom is 0.408 e. The van der Waals surface area contributed by atoms with E-state index >= 15 is 0 Å². The van der Waals surface area contributed by atoms with Gasteiger partial charge in [0, 0.05) is 47.5 Å². The molecule has 0 spiro atoms. The van der Waals surface area contributed by atoms with Crippen LogP contribution >= 0.6 is 0 Å². The minimum atomic E-state index is -4.36. The molecular formula is C16H13F3N6. The van der Waals surface area contributed by atoms with Gasteiger partial charge in [0.1, 0.15) is 17.3 Å². The molecule has 128 valence electrons. The van der Waals surface area contributed by atoms with Gasteiger partial charge in [0.2, 0.25) is 5.95 Å². The molecule has 0 aliphatic heterocycles. The highest BCUT2D eigenvalue weighted by atomic mass is 19.4. The standard InChI is InChI=1S/C16H13F3N6/c1-9(16(17,18)19)23-15-22-7-12-11(6-21-14(12)24-15)10-2-3-13-20-4-5-25(13)8-10/h2-9H,1H3,(H2,21,22,23,24)/t9-/m0/s1. The fourth-order valence-corrected chi connectivity index (χ4v) is 2.57. The maximum atomic E-state index is 12.6. The van der Waals surface area contributed by atoms with E-state index in [1.165, 1.54) is 6.20 Å². The average Bonchev–Trinajstić information content (AvgIpc) is 3.19. The van der Waals surface area contributed by atoms with Crippen LogP contribution in [0.15, 0.2) is 43.1 Å². The molecule has 9 heteroatoms. The van der Waals surface area contributed by atoms with Crippen LogP contribution < -0.4 is 5.32 Å². The number of halogens is 3. The van der Waals surface area contributed by atoms with Crippen molar-refractivity contribution in [2.75, 3.05) is 5.32 Å². The first-order valence-electron chi connectivity index (χ1n) is 7.52. The van der Waals surface area contributed by atoms with E-state index in [4.69, 9.17) is 0 Å². The maximum absolute atomic E-state index is 12.6. The summed E-state index contributed by atoms with van der Waals surface area (Å²) in [6.07, 6.45) is 4.37. The Morgan fingerprint density at radius 1 is 1.24 bits per heavy atom. The summed E-state index contributed by atoms with van der Waals surface area (Å²) in [7, 11) is 0. The van der Waals surface area contributed by atoms with Crippen molar-refractivity contribution in [3.8, 4) is 11.1 Å². The highest BCUT2D eigenvalue weighted by Crippen LogP contribution is 2.28. The van der Waals surface area contributed by atoms with E-state index in [1.807, 2.05) is 28.9 Å². The van der Waals surface area contributed by atoms with Crippen LogP contribution in [0.2, 0.25) is 0 Å². The summed E-state index contributed by atoms with van der Waals surface area (Å²) < 4.78 is 39.8. The van der Waals surface area contributed by atoms with Gasteiger partial charge in [-0.3, -0.25) is 0 Å². The lowest BCUT2D eigenvalue weighted by Crippen LogP contribution is -2.33. The Bertz CT molecular complexity index is 1050. The monoisotopic (exact) mass is 346 g/mol. The van der Waals surface area contributed by atoms with Crippen LogP contribution in [0, 0.1) is 0 Å². The molecular weight excluding hydrogens is 333 g/mol. The molecule has 0 fully saturated rings. The summed E-state index contributed by atoms with van der Waals surface area (Å²) in [6.45, 7) is 1.02. The Kier molecular flexibility index (Phi) is 3.38. The number of hydrogen-bond donors (Lipinski definition) is 2. The largest absolute Gasteiger partial charge is 0.408 e. The molecule has 4 aromatic rings. The van der Waals surface area contributed by atoms with Crippen LogP contribution in [0.25, 0.3) is 27.8 Å². The second kappa shape index (κ2) is 5.47.